The quantitative estimate of drug-likeness (QED) is 0.387. The van der Waals surface area contributed by atoms with Gasteiger partial charge in [0, 0.05) is 18.7 Å². The summed E-state index contributed by atoms with van der Waals surface area (Å²) in [5, 5.41) is 18.2. The summed E-state index contributed by atoms with van der Waals surface area (Å²) in [6.07, 6.45) is -10.8. The third-order valence-electron chi connectivity index (χ3n) is 5.06. The topological polar surface area (TPSA) is 103 Å². The van der Waals surface area contributed by atoms with Gasteiger partial charge in [0.05, 0.1) is 28.1 Å². The van der Waals surface area contributed by atoms with Crippen LogP contribution in [0.1, 0.15) is 16.7 Å². The average molecular weight is 549 g/mol. The van der Waals surface area contributed by atoms with Gasteiger partial charge in [-0.25, -0.2) is 12.8 Å². The van der Waals surface area contributed by atoms with E-state index in [0.717, 1.165) is 4.31 Å². The second kappa shape index (κ2) is 9.91. The molecule has 1 aliphatic rings. The standard InChI is InChI=1S/C22H14F7N3O4S/c1-12-9-32(37(33,34)20-3-2-15(22(27,28)29)4-14(20)8-31)10-19(12)36-18-6-16(23)13(7-30)5-17(18)35-11-21(24,25)26/h2-6,19H,1,9-11H2/t19-/m0/s1. The van der Waals surface area contributed by atoms with Crippen molar-refractivity contribution >= 4 is 10.0 Å². The number of ether oxygens (including phenoxy) is 2. The fraction of sp³-hybridized carbons (Fsp3) is 0.273. The molecular formula is C22H14F7N3O4S. The minimum Gasteiger partial charge on any atom is -0.481 e. The summed E-state index contributed by atoms with van der Waals surface area (Å²) in [5.74, 6) is -2.36. The van der Waals surface area contributed by atoms with Crippen LogP contribution in [0.4, 0.5) is 30.7 Å². The number of alkyl halides is 6. The zero-order chi connectivity index (χ0) is 27.8. The van der Waals surface area contributed by atoms with Gasteiger partial charge in [0.25, 0.3) is 0 Å². The van der Waals surface area contributed by atoms with Crippen LogP contribution in [0.5, 0.6) is 11.5 Å². The van der Waals surface area contributed by atoms with Crippen molar-refractivity contribution in [2.24, 2.45) is 0 Å². The molecule has 1 atom stereocenters. The lowest BCUT2D eigenvalue weighted by molar-refractivity contribution is -0.153. The normalized spacial score (nSPS) is 16.8. The van der Waals surface area contributed by atoms with Gasteiger partial charge in [0.1, 0.15) is 24.1 Å². The molecule has 0 N–H and O–H groups in total. The van der Waals surface area contributed by atoms with Crippen LogP contribution in [0.15, 0.2) is 47.4 Å². The molecule has 1 aliphatic heterocycles. The van der Waals surface area contributed by atoms with Crippen molar-refractivity contribution in [2.45, 2.75) is 23.4 Å². The van der Waals surface area contributed by atoms with Crippen molar-refractivity contribution in [1.29, 1.82) is 10.5 Å². The summed E-state index contributed by atoms with van der Waals surface area (Å²) >= 11 is 0. The van der Waals surface area contributed by atoms with Crippen LogP contribution in [0.2, 0.25) is 0 Å². The summed E-state index contributed by atoms with van der Waals surface area (Å²) in [7, 11) is -4.55. The predicted molar refractivity (Wildman–Crippen MR) is 111 cm³/mol. The maximum atomic E-state index is 14.1. The van der Waals surface area contributed by atoms with Crippen LogP contribution in [-0.2, 0) is 16.2 Å². The van der Waals surface area contributed by atoms with Gasteiger partial charge in [-0.15, -0.1) is 0 Å². The number of rotatable bonds is 6. The molecule has 37 heavy (non-hydrogen) atoms. The van der Waals surface area contributed by atoms with E-state index in [4.69, 9.17) is 10.00 Å². The summed E-state index contributed by atoms with van der Waals surface area (Å²) in [5.41, 5.74) is -2.56. The number of sulfonamides is 1. The van der Waals surface area contributed by atoms with Crippen LogP contribution in [0, 0.1) is 28.5 Å². The largest absolute Gasteiger partial charge is 0.481 e. The summed E-state index contributed by atoms with van der Waals surface area (Å²) in [6, 6.07) is 5.65. The molecule has 0 unspecified atom stereocenters. The van der Waals surface area contributed by atoms with E-state index in [9.17, 15) is 44.4 Å². The fourth-order valence-electron chi connectivity index (χ4n) is 3.31. The number of hydrogen-bond donors (Lipinski definition) is 0. The van der Waals surface area contributed by atoms with E-state index in [2.05, 4.69) is 11.3 Å². The van der Waals surface area contributed by atoms with Crippen LogP contribution in [-0.4, -0.2) is 44.7 Å². The van der Waals surface area contributed by atoms with E-state index < -0.39 is 87.1 Å². The van der Waals surface area contributed by atoms with Gasteiger partial charge in [-0.3, -0.25) is 0 Å². The zero-order valence-corrected chi connectivity index (χ0v) is 19.1. The van der Waals surface area contributed by atoms with E-state index >= 15 is 0 Å². The molecule has 2 aromatic rings. The van der Waals surface area contributed by atoms with Crippen LogP contribution in [0.3, 0.4) is 0 Å². The average Bonchev–Trinajstić information content (AvgIpc) is 3.17. The summed E-state index contributed by atoms with van der Waals surface area (Å²) < 4.78 is 128. The highest BCUT2D eigenvalue weighted by molar-refractivity contribution is 7.89. The monoisotopic (exact) mass is 549 g/mol. The minimum absolute atomic E-state index is 0.0699. The Morgan fingerprint density at radius 1 is 1.03 bits per heavy atom. The van der Waals surface area contributed by atoms with Gasteiger partial charge in [-0.1, -0.05) is 6.58 Å². The van der Waals surface area contributed by atoms with E-state index in [1.807, 2.05) is 0 Å². The SMILES string of the molecule is C=C1CN(S(=O)(=O)c2ccc(C(F)(F)F)cc2C#N)C[C@@H]1Oc1cc(F)c(C#N)cc1OCC(F)(F)F. The Bertz CT molecular complexity index is 1420. The number of halogens is 7. The molecule has 3 rings (SSSR count). The fourth-order valence-corrected chi connectivity index (χ4v) is 4.87. The van der Waals surface area contributed by atoms with Crippen molar-refractivity contribution in [3.05, 3.63) is 65.0 Å². The number of nitriles is 2. The number of benzene rings is 2. The molecular weight excluding hydrogens is 535 g/mol. The lowest BCUT2D eigenvalue weighted by Gasteiger charge is -2.20. The molecule has 0 saturated carbocycles. The van der Waals surface area contributed by atoms with Gasteiger partial charge in [-0.05, 0) is 23.8 Å². The third kappa shape index (κ3) is 6.12. The Morgan fingerprint density at radius 3 is 2.24 bits per heavy atom. The Kier molecular flexibility index (Phi) is 7.44. The third-order valence-corrected chi connectivity index (χ3v) is 6.93. The Labute approximate surface area is 205 Å². The van der Waals surface area contributed by atoms with Crippen LogP contribution >= 0.6 is 0 Å². The Balaban J connectivity index is 1.90. The van der Waals surface area contributed by atoms with E-state index in [1.165, 1.54) is 12.1 Å². The van der Waals surface area contributed by atoms with E-state index in [1.54, 1.807) is 0 Å². The highest BCUT2D eigenvalue weighted by atomic mass is 32.2. The Hall–Kier alpha value is -3.82. The first kappa shape index (κ1) is 27.8. The molecule has 0 aliphatic carbocycles. The molecule has 1 heterocycles. The van der Waals surface area contributed by atoms with Crippen molar-refractivity contribution in [1.82, 2.24) is 4.31 Å². The molecule has 0 spiro atoms. The van der Waals surface area contributed by atoms with Crippen LogP contribution < -0.4 is 9.47 Å². The van der Waals surface area contributed by atoms with Crippen molar-refractivity contribution < 1.29 is 48.6 Å². The van der Waals surface area contributed by atoms with Gasteiger partial charge in [-0.2, -0.15) is 41.2 Å². The first-order valence-corrected chi connectivity index (χ1v) is 11.4. The number of nitrogens with zero attached hydrogens (tertiary/aromatic N) is 3. The van der Waals surface area contributed by atoms with Gasteiger partial charge in [0.2, 0.25) is 10.0 Å². The highest BCUT2D eigenvalue weighted by Crippen LogP contribution is 2.36. The van der Waals surface area contributed by atoms with Gasteiger partial charge < -0.3 is 9.47 Å². The van der Waals surface area contributed by atoms with Gasteiger partial charge in [0.15, 0.2) is 18.1 Å². The maximum Gasteiger partial charge on any atom is 0.422 e. The zero-order valence-electron chi connectivity index (χ0n) is 18.3. The molecule has 1 saturated heterocycles. The van der Waals surface area contributed by atoms with E-state index in [-0.39, 0.29) is 5.57 Å². The first-order valence-electron chi connectivity index (χ1n) is 9.96. The molecule has 2 aromatic carbocycles. The lowest BCUT2D eigenvalue weighted by atomic mass is 10.1. The highest BCUT2D eigenvalue weighted by Gasteiger charge is 2.39. The summed E-state index contributed by atoms with van der Waals surface area (Å²) in [4.78, 5) is -0.713. The Morgan fingerprint density at radius 2 is 1.68 bits per heavy atom. The predicted octanol–water partition coefficient (Wildman–Crippen LogP) is 4.54. The van der Waals surface area contributed by atoms with E-state index in [0.29, 0.717) is 30.3 Å². The molecule has 7 nitrogen and oxygen atoms in total. The van der Waals surface area contributed by atoms with Crippen molar-refractivity contribution in [3.63, 3.8) is 0 Å². The lowest BCUT2D eigenvalue weighted by Crippen LogP contribution is -2.31. The molecule has 0 radical (unpaired) electrons. The van der Waals surface area contributed by atoms with Crippen LogP contribution in [0.25, 0.3) is 0 Å². The summed E-state index contributed by atoms with van der Waals surface area (Å²) in [6.45, 7) is 0.902. The second-order valence-corrected chi connectivity index (χ2v) is 9.58. The molecule has 1 fully saturated rings. The maximum absolute atomic E-state index is 14.1. The van der Waals surface area contributed by atoms with Gasteiger partial charge >= 0.3 is 12.4 Å². The van der Waals surface area contributed by atoms with Crippen molar-refractivity contribution in [2.75, 3.05) is 19.7 Å². The second-order valence-electron chi connectivity index (χ2n) is 7.68. The molecule has 0 amide bonds. The molecule has 15 heteroatoms. The minimum atomic E-state index is -4.82. The number of hydrogen-bond acceptors (Lipinski definition) is 6. The molecule has 196 valence electrons. The van der Waals surface area contributed by atoms with Crippen molar-refractivity contribution in [3.8, 4) is 23.6 Å². The first-order chi connectivity index (χ1) is 17.1. The molecule has 0 aromatic heterocycles. The smallest absolute Gasteiger partial charge is 0.422 e. The molecule has 0 bridgehead atoms.